The number of hydrogen-bond donors (Lipinski definition) is 1. The number of Topliss-reactive ketones (excluding diaryl/α,β-unsaturated/α-hetero) is 1. The molecule has 0 aliphatic carbocycles. The number of amides is 2. The average molecular weight is 338 g/mol. The summed E-state index contributed by atoms with van der Waals surface area (Å²) in [4.78, 5) is 31.9. The number of carbonyl (C=O) groups excluding carboxylic acids is 2. The second-order valence-electron chi connectivity index (χ2n) is 6.06. The molecule has 3 rings (SSSR count). The number of anilines is 1. The van der Waals surface area contributed by atoms with Gasteiger partial charge in [-0.15, -0.1) is 0 Å². The maximum atomic E-state index is 12.3. The number of urea groups is 1. The number of nitrogens with one attached hydrogen (secondary N) is 1. The lowest BCUT2D eigenvalue weighted by molar-refractivity contribution is 0.101. The molecule has 6 nitrogen and oxygen atoms in total. The van der Waals surface area contributed by atoms with Crippen molar-refractivity contribution in [3.05, 3.63) is 59.9 Å². The van der Waals surface area contributed by atoms with E-state index in [4.69, 9.17) is 0 Å². The van der Waals surface area contributed by atoms with Gasteiger partial charge in [0.25, 0.3) is 0 Å². The van der Waals surface area contributed by atoms with E-state index in [0.717, 1.165) is 30.0 Å². The van der Waals surface area contributed by atoms with Crippen LogP contribution in [0.2, 0.25) is 0 Å². The number of ketones is 1. The Hall–Kier alpha value is -2.89. The monoisotopic (exact) mass is 338 g/mol. The van der Waals surface area contributed by atoms with E-state index in [0.29, 0.717) is 19.6 Å². The SMILES string of the molecule is CC(=O)c1ccc(N2CCN(C(=O)NCc3ccccn3)CC2)cc1. The zero-order valence-electron chi connectivity index (χ0n) is 14.3. The molecule has 1 aromatic carbocycles. The highest BCUT2D eigenvalue weighted by atomic mass is 16.2. The molecular formula is C19H22N4O2. The van der Waals surface area contributed by atoms with Crippen LogP contribution in [0.4, 0.5) is 10.5 Å². The maximum Gasteiger partial charge on any atom is 0.317 e. The lowest BCUT2D eigenvalue weighted by Crippen LogP contribution is -2.51. The first-order chi connectivity index (χ1) is 12.1. The molecule has 0 unspecified atom stereocenters. The molecule has 1 aromatic heterocycles. The smallest absolute Gasteiger partial charge is 0.317 e. The van der Waals surface area contributed by atoms with E-state index in [-0.39, 0.29) is 11.8 Å². The molecule has 25 heavy (non-hydrogen) atoms. The quantitative estimate of drug-likeness (QED) is 0.869. The Labute approximate surface area is 147 Å². The van der Waals surface area contributed by atoms with Crippen molar-refractivity contribution in [3.8, 4) is 0 Å². The van der Waals surface area contributed by atoms with Crippen molar-refractivity contribution in [3.63, 3.8) is 0 Å². The highest BCUT2D eigenvalue weighted by Gasteiger charge is 2.21. The Bertz CT molecular complexity index is 723. The summed E-state index contributed by atoms with van der Waals surface area (Å²) >= 11 is 0. The van der Waals surface area contributed by atoms with Crippen LogP contribution in [0.3, 0.4) is 0 Å². The Balaban J connectivity index is 1.49. The molecule has 6 heteroatoms. The normalized spacial score (nSPS) is 14.3. The van der Waals surface area contributed by atoms with E-state index in [2.05, 4.69) is 15.2 Å². The zero-order chi connectivity index (χ0) is 17.6. The second-order valence-corrected chi connectivity index (χ2v) is 6.06. The first kappa shape index (κ1) is 17.0. The predicted octanol–water partition coefficient (Wildman–Crippen LogP) is 2.32. The van der Waals surface area contributed by atoms with Crippen molar-refractivity contribution in [1.82, 2.24) is 15.2 Å². The fourth-order valence-electron chi connectivity index (χ4n) is 2.86. The number of aromatic nitrogens is 1. The van der Waals surface area contributed by atoms with Crippen LogP contribution in [-0.4, -0.2) is 47.9 Å². The fourth-order valence-corrected chi connectivity index (χ4v) is 2.86. The number of piperazine rings is 1. The third-order valence-corrected chi connectivity index (χ3v) is 4.35. The molecule has 2 heterocycles. The van der Waals surface area contributed by atoms with Gasteiger partial charge in [0.2, 0.25) is 0 Å². The summed E-state index contributed by atoms with van der Waals surface area (Å²) in [5, 5.41) is 2.91. The number of pyridine rings is 1. The molecular weight excluding hydrogens is 316 g/mol. The van der Waals surface area contributed by atoms with E-state index in [1.165, 1.54) is 0 Å². The molecule has 1 fully saturated rings. The maximum absolute atomic E-state index is 12.3. The average Bonchev–Trinajstić information content (AvgIpc) is 2.67. The Morgan fingerprint density at radius 1 is 1.04 bits per heavy atom. The molecule has 0 saturated carbocycles. The van der Waals surface area contributed by atoms with Crippen LogP contribution in [0.25, 0.3) is 0 Å². The van der Waals surface area contributed by atoms with Crippen molar-refractivity contribution < 1.29 is 9.59 Å². The van der Waals surface area contributed by atoms with Crippen LogP contribution < -0.4 is 10.2 Å². The van der Waals surface area contributed by atoms with E-state index < -0.39 is 0 Å². The summed E-state index contributed by atoms with van der Waals surface area (Å²) in [6.07, 6.45) is 1.72. The number of benzene rings is 1. The van der Waals surface area contributed by atoms with Gasteiger partial charge in [-0.3, -0.25) is 9.78 Å². The molecule has 0 bridgehead atoms. The van der Waals surface area contributed by atoms with Gasteiger partial charge >= 0.3 is 6.03 Å². The van der Waals surface area contributed by atoms with E-state index in [9.17, 15) is 9.59 Å². The van der Waals surface area contributed by atoms with Gasteiger partial charge in [-0.2, -0.15) is 0 Å². The molecule has 1 N–H and O–H groups in total. The Morgan fingerprint density at radius 3 is 2.36 bits per heavy atom. The van der Waals surface area contributed by atoms with Crippen LogP contribution in [0.15, 0.2) is 48.7 Å². The van der Waals surface area contributed by atoms with Gasteiger partial charge in [0.15, 0.2) is 5.78 Å². The summed E-state index contributed by atoms with van der Waals surface area (Å²) in [5.41, 5.74) is 2.65. The molecule has 1 aliphatic heterocycles. The Kier molecular flexibility index (Phi) is 5.28. The second kappa shape index (κ2) is 7.79. The number of nitrogens with zero attached hydrogens (tertiary/aromatic N) is 3. The third kappa shape index (κ3) is 4.35. The minimum absolute atomic E-state index is 0.0581. The summed E-state index contributed by atoms with van der Waals surface area (Å²) < 4.78 is 0. The van der Waals surface area contributed by atoms with Crippen molar-refractivity contribution >= 4 is 17.5 Å². The summed E-state index contributed by atoms with van der Waals surface area (Å²) in [6.45, 7) is 4.89. The first-order valence-corrected chi connectivity index (χ1v) is 8.42. The van der Waals surface area contributed by atoms with Crippen molar-refractivity contribution in [1.29, 1.82) is 0 Å². The highest BCUT2D eigenvalue weighted by molar-refractivity contribution is 5.94. The summed E-state index contributed by atoms with van der Waals surface area (Å²) in [7, 11) is 0. The predicted molar refractivity (Wildman–Crippen MR) is 96.7 cm³/mol. The molecule has 2 amide bonds. The van der Waals surface area contributed by atoms with Gasteiger partial charge in [0.1, 0.15) is 0 Å². The van der Waals surface area contributed by atoms with Crippen LogP contribution in [0.1, 0.15) is 23.0 Å². The third-order valence-electron chi connectivity index (χ3n) is 4.35. The van der Waals surface area contributed by atoms with E-state index in [1.54, 1.807) is 13.1 Å². The number of hydrogen-bond acceptors (Lipinski definition) is 4. The van der Waals surface area contributed by atoms with Gasteiger partial charge in [-0.1, -0.05) is 6.07 Å². The van der Waals surface area contributed by atoms with Crippen LogP contribution in [0.5, 0.6) is 0 Å². The minimum atomic E-state index is -0.0581. The number of carbonyl (C=O) groups is 2. The van der Waals surface area contributed by atoms with Crippen molar-refractivity contribution in [2.45, 2.75) is 13.5 Å². The largest absolute Gasteiger partial charge is 0.368 e. The topological polar surface area (TPSA) is 65.5 Å². The lowest BCUT2D eigenvalue weighted by Gasteiger charge is -2.36. The molecule has 0 atom stereocenters. The molecule has 0 radical (unpaired) electrons. The minimum Gasteiger partial charge on any atom is -0.368 e. The Morgan fingerprint density at radius 2 is 1.76 bits per heavy atom. The van der Waals surface area contributed by atoms with Crippen LogP contribution >= 0.6 is 0 Å². The molecule has 0 spiro atoms. The van der Waals surface area contributed by atoms with E-state index in [1.807, 2.05) is 47.4 Å². The summed E-state index contributed by atoms with van der Waals surface area (Å²) in [6, 6.07) is 13.2. The molecule has 130 valence electrons. The highest BCUT2D eigenvalue weighted by Crippen LogP contribution is 2.17. The van der Waals surface area contributed by atoms with Crippen LogP contribution in [-0.2, 0) is 6.54 Å². The fraction of sp³-hybridized carbons (Fsp3) is 0.316. The van der Waals surface area contributed by atoms with Gasteiger partial charge in [0.05, 0.1) is 12.2 Å². The van der Waals surface area contributed by atoms with E-state index >= 15 is 0 Å². The van der Waals surface area contributed by atoms with Gasteiger partial charge in [-0.05, 0) is 43.3 Å². The molecule has 1 saturated heterocycles. The van der Waals surface area contributed by atoms with Crippen LogP contribution in [0, 0.1) is 0 Å². The molecule has 1 aliphatic rings. The summed E-state index contributed by atoms with van der Waals surface area (Å²) in [5.74, 6) is 0.0703. The number of rotatable bonds is 4. The van der Waals surface area contributed by atoms with Crippen molar-refractivity contribution in [2.24, 2.45) is 0 Å². The van der Waals surface area contributed by atoms with Gasteiger partial charge < -0.3 is 15.1 Å². The zero-order valence-corrected chi connectivity index (χ0v) is 14.3. The standard InChI is InChI=1S/C19H22N4O2/c1-15(24)16-5-7-18(8-6-16)22-10-12-23(13-11-22)19(25)21-14-17-4-2-3-9-20-17/h2-9H,10-14H2,1H3,(H,21,25). The first-order valence-electron chi connectivity index (χ1n) is 8.42. The lowest BCUT2D eigenvalue weighted by atomic mass is 10.1. The van der Waals surface area contributed by atoms with Crippen molar-refractivity contribution in [2.75, 3.05) is 31.1 Å². The van der Waals surface area contributed by atoms with Gasteiger partial charge in [-0.25, -0.2) is 4.79 Å². The molecule has 2 aromatic rings. The van der Waals surface area contributed by atoms with Gasteiger partial charge in [0, 0.05) is 43.6 Å².